The van der Waals surface area contributed by atoms with E-state index in [9.17, 15) is 4.79 Å². The van der Waals surface area contributed by atoms with Crippen LogP contribution in [0.4, 0.5) is 0 Å². The Morgan fingerprint density at radius 2 is 2.16 bits per heavy atom. The maximum atomic E-state index is 11.7. The zero-order chi connectivity index (χ0) is 14.3. The first-order valence-corrected chi connectivity index (χ1v) is 7.28. The lowest BCUT2D eigenvalue weighted by Gasteiger charge is -2.18. The molecule has 5 heteroatoms. The number of nitrogens with one attached hydrogen (secondary N) is 1. The van der Waals surface area contributed by atoms with Crippen molar-refractivity contribution in [1.29, 1.82) is 0 Å². The fourth-order valence-electron chi connectivity index (χ4n) is 1.62. The molecule has 0 aliphatic rings. The zero-order valence-corrected chi connectivity index (χ0v) is 12.9. The van der Waals surface area contributed by atoms with Crippen LogP contribution < -0.4 is 15.8 Å². The molecule has 2 unspecified atom stereocenters. The molecule has 0 saturated carbocycles. The topological polar surface area (TPSA) is 64.4 Å². The predicted octanol–water partition coefficient (Wildman–Crippen LogP) is 2.46. The van der Waals surface area contributed by atoms with Crippen molar-refractivity contribution in [2.75, 3.05) is 6.54 Å². The average Bonchev–Trinajstić information content (AvgIpc) is 2.39. The van der Waals surface area contributed by atoms with E-state index in [0.29, 0.717) is 13.0 Å². The molecule has 0 aliphatic carbocycles. The van der Waals surface area contributed by atoms with Crippen LogP contribution in [-0.2, 0) is 4.79 Å². The molecule has 0 spiro atoms. The summed E-state index contributed by atoms with van der Waals surface area (Å²) in [5.41, 5.74) is 5.73. The van der Waals surface area contributed by atoms with Gasteiger partial charge >= 0.3 is 0 Å². The normalized spacial score (nSPS) is 13.7. The summed E-state index contributed by atoms with van der Waals surface area (Å²) < 4.78 is 6.63. The van der Waals surface area contributed by atoms with Gasteiger partial charge in [-0.05, 0) is 41.4 Å². The Labute approximate surface area is 122 Å². The number of halogens is 1. The third kappa shape index (κ3) is 5.61. The van der Waals surface area contributed by atoms with Crippen molar-refractivity contribution in [1.82, 2.24) is 5.32 Å². The zero-order valence-electron chi connectivity index (χ0n) is 11.4. The number of carbonyl (C=O) groups excluding carboxylic acids is 1. The second-order valence-corrected chi connectivity index (χ2v) is 5.35. The summed E-state index contributed by atoms with van der Waals surface area (Å²) in [6.07, 6.45) is 1.49. The van der Waals surface area contributed by atoms with Crippen molar-refractivity contribution < 1.29 is 9.53 Å². The molecule has 1 aromatic carbocycles. The van der Waals surface area contributed by atoms with E-state index < -0.39 is 6.04 Å². The predicted molar refractivity (Wildman–Crippen MR) is 80.1 cm³/mol. The number of nitrogens with two attached hydrogens (primary N) is 1. The van der Waals surface area contributed by atoms with Gasteiger partial charge in [0, 0.05) is 0 Å². The van der Waals surface area contributed by atoms with Crippen LogP contribution in [0.25, 0.3) is 0 Å². The van der Waals surface area contributed by atoms with Gasteiger partial charge in [-0.15, -0.1) is 0 Å². The lowest BCUT2D eigenvalue weighted by atomic mass is 10.1. The summed E-state index contributed by atoms with van der Waals surface area (Å²) in [6.45, 7) is 4.36. The van der Waals surface area contributed by atoms with Crippen molar-refractivity contribution in [3.63, 3.8) is 0 Å². The molecule has 1 rings (SSSR count). The first-order valence-electron chi connectivity index (χ1n) is 6.49. The van der Waals surface area contributed by atoms with Crippen LogP contribution in [-0.4, -0.2) is 24.6 Å². The Morgan fingerprint density at radius 3 is 2.79 bits per heavy atom. The highest BCUT2D eigenvalue weighted by Crippen LogP contribution is 2.24. The fraction of sp³-hybridized carbons (Fsp3) is 0.500. The number of rotatable bonds is 7. The maximum absolute atomic E-state index is 11.7. The largest absolute Gasteiger partial charge is 0.488 e. The van der Waals surface area contributed by atoms with E-state index in [2.05, 4.69) is 21.2 Å². The second-order valence-electron chi connectivity index (χ2n) is 4.50. The van der Waals surface area contributed by atoms with Gasteiger partial charge in [0.15, 0.2) is 0 Å². The van der Waals surface area contributed by atoms with E-state index in [4.69, 9.17) is 10.5 Å². The Hall–Kier alpha value is -1.07. The van der Waals surface area contributed by atoms with Gasteiger partial charge in [-0.2, -0.15) is 0 Å². The highest BCUT2D eigenvalue weighted by atomic mass is 79.9. The van der Waals surface area contributed by atoms with Crippen molar-refractivity contribution in [3.05, 3.63) is 28.7 Å². The Balaban J connectivity index is 2.38. The molecular formula is C14H21BrN2O2. The maximum Gasteiger partial charge on any atom is 0.237 e. The lowest BCUT2D eigenvalue weighted by molar-refractivity contribution is -0.122. The number of para-hydroxylation sites is 1. The number of carbonyl (C=O) groups is 1. The molecule has 0 heterocycles. The standard InChI is InChI=1S/C14H21BrN2O2/c1-3-6-12(16)14(18)17-9-10(2)19-13-8-5-4-7-11(13)15/h4-5,7-8,10,12H,3,6,9,16H2,1-2H3,(H,17,18). The van der Waals surface area contributed by atoms with E-state index in [1.807, 2.05) is 38.1 Å². The minimum absolute atomic E-state index is 0.114. The molecule has 0 aromatic heterocycles. The van der Waals surface area contributed by atoms with E-state index in [1.165, 1.54) is 0 Å². The Morgan fingerprint density at radius 1 is 1.47 bits per heavy atom. The minimum Gasteiger partial charge on any atom is -0.488 e. The van der Waals surface area contributed by atoms with E-state index in [1.54, 1.807) is 0 Å². The number of hydrogen-bond acceptors (Lipinski definition) is 3. The summed E-state index contributed by atoms with van der Waals surface area (Å²) in [6, 6.07) is 7.19. The summed E-state index contributed by atoms with van der Waals surface area (Å²) in [4.78, 5) is 11.7. The molecule has 0 fully saturated rings. The molecule has 0 aliphatic heterocycles. The molecule has 1 aromatic rings. The van der Waals surface area contributed by atoms with Crippen LogP contribution in [0.2, 0.25) is 0 Å². The fourth-order valence-corrected chi connectivity index (χ4v) is 1.99. The molecular weight excluding hydrogens is 308 g/mol. The van der Waals surface area contributed by atoms with Crippen LogP contribution in [0.1, 0.15) is 26.7 Å². The third-order valence-electron chi connectivity index (χ3n) is 2.67. The molecule has 0 saturated heterocycles. The van der Waals surface area contributed by atoms with Gasteiger partial charge in [-0.3, -0.25) is 4.79 Å². The summed E-state index contributed by atoms with van der Waals surface area (Å²) in [7, 11) is 0. The quantitative estimate of drug-likeness (QED) is 0.808. The van der Waals surface area contributed by atoms with Crippen LogP contribution in [0.15, 0.2) is 28.7 Å². The van der Waals surface area contributed by atoms with E-state index in [0.717, 1.165) is 16.6 Å². The van der Waals surface area contributed by atoms with Gasteiger partial charge in [0.1, 0.15) is 11.9 Å². The molecule has 0 bridgehead atoms. The Kier molecular flexibility index (Phi) is 6.87. The highest BCUT2D eigenvalue weighted by molar-refractivity contribution is 9.10. The van der Waals surface area contributed by atoms with Crippen LogP contribution in [0.5, 0.6) is 5.75 Å². The number of benzene rings is 1. The second kappa shape index (κ2) is 8.17. The third-order valence-corrected chi connectivity index (χ3v) is 3.32. The van der Waals surface area contributed by atoms with Gasteiger partial charge in [-0.1, -0.05) is 25.5 Å². The summed E-state index contributed by atoms with van der Waals surface area (Å²) in [5, 5.41) is 2.80. The van der Waals surface area contributed by atoms with Gasteiger partial charge in [0.2, 0.25) is 5.91 Å². The van der Waals surface area contributed by atoms with Gasteiger partial charge in [0.25, 0.3) is 0 Å². The molecule has 19 heavy (non-hydrogen) atoms. The number of hydrogen-bond donors (Lipinski definition) is 2. The SMILES string of the molecule is CCCC(N)C(=O)NCC(C)Oc1ccccc1Br. The lowest BCUT2D eigenvalue weighted by Crippen LogP contribution is -2.43. The monoisotopic (exact) mass is 328 g/mol. The van der Waals surface area contributed by atoms with Crippen molar-refractivity contribution in [2.45, 2.75) is 38.8 Å². The first kappa shape index (κ1) is 16.0. The van der Waals surface area contributed by atoms with Gasteiger partial charge in [0.05, 0.1) is 17.1 Å². The molecule has 4 nitrogen and oxygen atoms in total. The molecule has 106 valence electrons. The minimum atomic E-state index is -0.430. The molecule has 0 radical (unpaired) electrons. The van der Waals surface area contributed by atoms with E-state index >= 15 is 0 Å². The van der Waals surface area contributed by atoms with Gasteiger partial charge < -0.3 is 15.8 Å². The van der Waals surface area contributed by atoms with Crippen LogP contribution in [0.3, 0.4) is 0 Å². The molecule has 3 N–H and O–H groups in total. The van der Waals surface area contributed by atoms with E-state index in [-0.39, 0.29) is 12.0 Å². The van der Waals surface area contributed by atoms with Crippen molar-refractivity contribution in [2.24, 2.45) is 5.73 Å². The Bertz CT molecular complexity index is 412. The average molecular weight is 329 g/mol. The number of amides is 1. The summed E-state index contributed by atoms with van der Waals surface area (Å²) in [5.74, 6) is 0.645. The smallest absolute Gasteiger partial charge is 0.237 e. The van der Waals surface area contributed by atoms with Crippen molar-refractivity contribution >= 4 is 21.8 Å². The highest BCUT2D eigenvalue weighted by Gasteiger charge is 2.13. The first-order chi connectivity index (χ1) is 9.04. The molecule has 1 amide bonds. The summed E-state index contributed by atoms with van der Waals surface area (Å²) >= 11 is 3.42. The number of ether oxygens (including phenoxy) is 1. The van der Waals surface area contributed by atoms with Crippen molar-refractivity contribution in [3.8, 4) is 5.75 Å². The van der Waals surface area contributed by atoms with Crippen LogP contribution >= 0.6 is 15.9 Å². The molecule has 2 atom stereocenters. The van der Waals surface area contributed by atoms with Crippen LogP contribution in [0, 0.1) is 0 Å². The van der Waals surface area contributed by atoms with Gasteiger partial charge in [-0.25, -0.2) is 0 Å².